The van der Waals surface area contributed by atoms with Gasteiger partial charge in [0, 0.05) is 18.9 Å². The van der Waals surface area contributed by atoms with Crippen LogP contribution in [0.5, 0.6) is 0 Å². The van der Waals surface area contributed by atoms with Crippen molar-refractivity contribution in [1.29, 1.82) is 0 Å². The Morgan fingerprint density at radius 1 is 1.40 bits per heavy atom. The molecule has 2 aromatic rings. The number of imidazole rings is 1. The number of hydrogen-bond acceptors (Lipinski definition) is 3. The first-order chi connectivity index (χ1) is 9.41. The molecule has 0 aliphatic heterocycles. The maximum Gasteiger partial charge on any atom is 0.337 e. The minimum atomic E-state index is -1.01. The van der Waals surface area contributed by atoms with Crippen LogP contribution in [-0.4, -0.2) is 26.5 Å². The number of fused-ring (bicyclic) bond motifs is 1. The Morgan fingerprint density at radius 3 is 2.65 bits per heavy atom. The lowest BCUT2D eigenvalue weighted by molar-refractivity contribution is -0.118. The highest BCUT2D eigenvalue weighted by Crippen LogP contribution is 2.25. The Bertz CT molecular complexity index is 674. The van der Waals surface area contributed by atoms with E-state index in [4.69, 9.17) is 5.73 Å². The first-order valence-electron chi connectivity index (χ1n) is 6.42. The summed E-state index contributed by atoms with van der Waals surface area (Å²) in [7, 11) is 0. The van der Waals surface area contributed by atoms with Crippen LogP contribution in [0.2, 0.25) is 0 Å². The summed E-state index contributed by atoms with van der Waals surface area (Å²) in [5, 5.41) is 9.30. The molecule has 1 aromatic carbocycles. The van der Waals surface area contributed by atoms with Crippen LogP contribution in [0.15, 0.2) is 18.2 Å². The lowest BCUT2D eigenvalue weighted by Gasteiger charge is -2.11. The molecule has 0 bridgehead atoms. The van der Waals surface area contributed by atoms with Crippen molar-refractivity contribution < 1.29 is 14.7 Å². The Hall–Kier alpha value is -2.37. The van der Waals surface area contributed by atoms with Gasteiger partial charge in [-0.05, 0) is 12.1 Å². The highest BCUT2D eigenvalue weighted by atomic mass is 16.4. The number of benzene rings is 1. The van der Waals surface area contributed by atoms with Crippen LogP contribution in [-0.2, 0) is 11.3 Å². The highest BCUT2D eigenvalue weighted by molar-refractivity contribution is 6.01. The second-order valence-corrected chi connectivity index (χ2v) is 4.97. The number of hydrogen-bond donors (Lipinski definition) is 2. The Labute approximate surface area is 116 Å². The molecule has 2 rings (SSSR count). The SMILES string of the molecule is CC(C)c1nc2cccc(C(=O)O)c2n1CCC(N)=O. The third-order valence-corrected chi connectivity index (χ3v) is 3.12. The molecule has 0 saturated heterocycles. The molecule has 0 radical (unpaired) electrons. The van der Waals surface area contributed by atoms with Crippen LogP contribution in [0.25, 0.3) is 11.0 Å². The van der Waals surface area contributed by atoms with Gasteiger partial charge >= 0.3 is 5.97 Å². The van der Waals surface area contributed by atoms with E-state index in [1.807, 2.05) is 13.8 Å². The summed E-state index contributed by atoms with van der Waals surface area (Å²) >= 11 is 0. The monoisotopic (exact) mass is 275 g/mol. The van der Waals surface area contributed by atoms with Crippen molar-refractivity contribution in [3.8, 4) is 0 Å². The second-order valence-electron chi connectivity index (χ2n) is 4.97. The maximum absolute atomic E-state index is 11.4. The van der Waals surface area contributed by atoms with Crippen molar-refractivity contribution in [3.05, 3.63) is 29.6 Å². The van der Waals surface area contributed by atoms with E-state index >= 15 is 0 Å². The zero-order chi connectivity index (χ0) is 14.9. The molecule has 0 aliphatic rings. The predicted octanol–water partition coefficient (Wildman–Crippen LogP) is 1.73. The smallest absolute Gasteiger partial charge is 0.337 e. The number of rotatable bonds is 5. The van der Waals surface area contributed by atoms with Gasteiger partial charge in [0.1, 0.15) is 5.82 Å². The van der Waals surface area contributed by atoms with Crippen LogP contribution >= 0.6 is 0 Å². The summed E-state index contributed by atoms with van der Waals surface area (Å²) < 4.78 is 1.79. The fourth-order valence-electron chi connectivity index (χ4n) is 2.27. The van der Waals surface area contributed by atoms with E-state index < -0.39 is 11.9 Å². The van der Waals surface area contributed by atoms with Gasteiger partial charge in [-0.25, -0.2) is 9.78 Å². The topological polar surface area (TPSA) is 98.2 Å². The van der Waals surface area contributed by atoms with Gasteiger partial charge in [-0.3, -0.25) is 4.79 Å². The van der Waals surface area contributed by atoms with E-state index in [1.54, 1.807) is 16.7 Å². The molecule has 6 heteroatoms. The molecule has 1 heterocycles. The van der Waals surface area contributed by atoms with Gasteiger partial charge in [-0.1, -0.05) is 19.9 Å². The van der Waals surface area contributed by atoms with Gasteiger partial charge in [0.2, 0.25) is 5.91 Å². The largest absolute Gasteiger partial charge is 0.478 e. The van der Waals surface area contributed by atoms with Gasteiger partial charge in [-0.15, -0.1) is 0 Å². The normalized spacial score (nSPS) is 11.2. The van der Waals surface area contributed by atoms with Crippen LogP contribution in [0.3, 0.4) is 0 Å². The summed E-state index contributed by atoms with van der Waals surface area (Å²) in [6, 6.07) is 4.98. The first kappa shape index (κ1) is 14.0. The molecule has 0 spiro atoms. The first-order valence-corrected chi connectivity index (χ1v) is 6.42. The molecule has 0 saturated carbocycles. The Balaban J connectivity index is 2.67. The van der Waals surface area contributed by atoms with Crippen molar-refractivity contribution in [1.82, 2.24) is 9.55 Å². The van der Waals surface area contributed by atoms with E-state index in [1.165, 1.54) is 6.07 Å². The third kappa shape index (κ3) is 2.49. The molecule has 1 amide bonds. The predicted molar refractivity (Wildman–Crippen MR) is 74.6 cm³/mol. The van der Waals surface area contributed by atoms with Crippen molar-refractivity contribution in [2.24, 2.45) is 5.73 Å². The molecular formula is C14H17N3O3. The molecule has 3 N–H and O–H groups in total. The van der Waals surface area contributed by atoms with Crippen LogP contribution in [0.1, 0.15) is 42.4 Å². The lowest BCUT2D eigenvalue weighted by atomic mass is 10.1. The summed E-state index contributed by atoms with van der Waals surface area (Å²) in [6.45, 7) is 4.29. The summed E-state index contributed by atoms with van der Waals surface area (Å²) in [5.74, 6) is -0.549. The number of amides is 1. The Kier molecular flexibility index (Phi) is 3.74. The second kappa shape index (κ2) is 5.32. The van der Waals surface area contributed by atoms with E-state index in [2.05, 4.69) is 4.98 Å². The zero-order valence-corrected chi connectivity index (χ0v) is 11.5. The van der Waals surface area contributed by atoms with Crippen LogP contribution in [0.4, 0.5) is 0 Å². The number of carbonyl (C=O) groups excluding carboxylic acids is 1. The number of aryl methyl sites for hydroxylation is 1. The van der Waals surface area contributed by atoms with Gasteiger partial charge in [0.25, 0.3) is 0 Å². The summed E-state index contributed by atoms with van der Waals surface area (Å²) in [6.07, 6.45) is 0.152. The molecule has 0 aliphatic carbocycles. The fourth-order valence-corrected chi connectivity index (χ4v) is 2.27. The molecular weight excluding hydrogens is 258 g/mol. The highest BCUT2D eigenvalue weighted by Gasteiger charge is 2.19. The van der Waals surface area contributed by atoms with E-state index in [0.717, 1.165) is 5.82 Å². The Morgan fingerprint density at radius 2 is 2.10 bits per heavy atom. The number of nitrogens with zero attached hydrogens (tertiary/aromatic N) is 2. The average Bonchev–Trinajstić information content (AvgIpc) is 2.74. The number of para-hydroxylation sites is 1. The minimum absolute atomic E-state index is 0.122. The molecule has 6 nitrogen and oxygen atoms in total. The van der Waals surface area contributed by atoms with Gasteiger partial charge in [0.15, 0.2) is 0 Å². The number of primary amides is 1. The van der Waals surface area contributed by atoms with Gasteiger partial charge < -0.3 is 15.4 Å². The van der Waals surface area contributed by atoms with Crippen LogP contribution < -0.4 is 5.73 Å². The summed E-state index contributed by atoms with van der Waals surface area (Å²) in [4.78, 5) is 26.8. The third-order valence-electron chi connectivity index (χ3n) is 3.12. The fraction of sp³-hybridized carbons (Fsp3) is 0.357. The molecule has 0 atom stereocenters. The standard InChI is InChI=1S/C14H17N3O3/c1-8(2)13-16-10-5-3-4-9(14(19)20)12(10)17(13)7-6-11(15)18/h3-5,8H,6-7H2,1-2H3,(H2,15,18)(H,19,20). The van der Waals surface area contributed by atoms with Crippen molar-refractivity contribution in [3.63, 3.8) is 0 Å². The summed E-state index contributed by atoms with van der Waals surface area (Å²) in [5.41, 5.74) is 6.54. The molecule has 106 valence electrons. The molecule has 1 aromatic heterocycles. The minimum Gasteiger partial charge on any atom is -0.478 e. The number of carboxylic acid groups (broad SMARTS) is 1. The molecule has 0 fully saturated rings. The van der Waals surface area contributed by atoms with Gasteiger partial charge in [0.05, 0.1) is 16.6 Å². The zero-order valence-electron chi connectivity index (χ0n) is 11.5. The molecule has 20 heavy (non-hydrogen) atoms. The van der Waals surface area contributed by atoms with Crippen molar-refractivity contribution >= 4 is 22.9 Å². The van der Waals surface area contributed by atoms with E-state index in [9.17, 15) is 14.7 Å². The quantitative estimate of drug-likeness (QED) is 0.868. The van der Waals surface area contributed by atoms with E-state index in [0.29, 0.717) is 17.6 Å². The van der Waals surface area contributed by atoms with Crippen LogP contribution in [0, 0.1) is 0 Å². The van der Waals surface area contributed by atoms with Crippen molar-refractivity contribution in [2.75, 3.05) is 0 Å². The average molecular weight is 275 g/mol. The van der Waals surface area contributed by atoms with Gasteiger partial charge in [-0.2, -0.15) is 0 Å². The maximum atomic E-state index is 11.4. The lowest BCUT2D eigenvalue weighted by Crippen LogP contribution is -2.16. The number of nitrogens with two attached hydrogens (primary N) is 1. The number of aromatic carboxylic acids is 1. The van der Waals surface area contributed by atoms with E-state index in [-0.39, 0.29) is 17.9 Å². The van der Waals surface area contributed by atoms with Crippen molar-refractivity contribution in [2.45, 2.75) is 32.7 Å². The number of carbonyl (C=O) groups is 2. The number of aromatic nitrogens is 2. The molecule has 0 unspecified atom stereocenters. The number of carboxylic acids is 1.